The molecule has 1 N–H and O–H groups in total. The van der Waals surface area contributed by atoms with Crippen LogP contribution in [0.3, 0.4) is 0 Å². The summed E-state index contributed by atoms with van der Waals surface area (Å²) in [4.78, 5) is 2.08. The van der Waals surface area contributed by atoms with Crippen LogP contribution in [0.4, 0.5) is 5.69 Å². The Morgan fingerprint density at radius 3 is 2.40 bits per heavy atom. The quantitative estimate of drug-likeness (QED) is 0.512. The van der Waals surface area contributed by atoms with Gasteiger partial charge in [0.15, 0.2) is 0 Å². The van der Waals surface area contributed by atoms with Crippen molar-refractivity contribution < 1.29 is 5.21 Å². The molecule has 0 saturated heterocycles. The molecular formula is C17H22N2O. The largest absolute Gasteiger partial charge is 0.411 e. The van der Waals surface area contributed by atoms with E-state index >= 15 is 0 Å². The van der Waals surface area contributed by atoms with E-state index in [9.17, 15) is 0 Å². The van der Waals surface area contributed by atoms with Crippen LogP contribution in [-0.4, -0.2) is 25.5 Å². The first kappa shape index (κ1) is 14.4. The second kappa shape index (κ2) is 5.53. The summed E-state index contributed by atoms with van der Waals surface area (Å²) in [6.45, 7) is 6.36. The Kier molecular flexibility index (Phi) is 3.98. The third-order valence-electron chi connectivity index (χ3n) is 3.87. The Balaban J connectivity index is 2.61. The standard InChI is InChI=1S/C17H22N2O/c1-11-8-12(2)15(9-11)14-6-7-17(19(4)5)13(3)16(14)10-18-20/h6-8,10,20H,9H2,1-5H3/b18-10+. The van der Waals surface area contributed by atoms with Crippen LogP contribution in [0.2, 0.25) is 0 Å². The summed E-state index contributed by atoms with van der Waals surface area (Å²) in [5.74, 6) is 0. The van der Waals surface area contributed by atoms with Crippen LogP contribution >= 0.6 is 0 Å². The van der Waals surface area contributed by atoms with Crippen molar-refractivity contribution in [2.24, 2.45) is 5.16 Å². The predicted molar refractivity (Wildman–Crippen MR) is 85.9 cm³/mol. The molecule has 3 nitrogen and oxygen atoms in total. The lowest BCUT2D eigenvalue weighted by Gasteiger charge is -2.20. The van der Waals surface area contributed by atoms with Gasteiger partial charge in [-0.2, -0.15) is 0 Å². The number of oxime groups is 1. The molecule has 1 aromatic rings. The van der Waals surface area contributed by atoms with Crippen LogP contribution in [0.25, 0.3) is 5.57 Å². The van der Waals surface area contributed by atoms with Gasteiger partial charge in [0, 0.05) is 25.3 Å². The molecule has 0 fully saturated rings. The number of hydrogen-bond donors (Lipinski definition) is 1. The molecular weight excluding hydrogens is 248 g/mol. The zero-order valence-electron chi connectivity index (χ0n) is 12.9. The molecule has 106 valence electrons. The van der Waals surface area contributed by atoms with Crippen molar-refractivity contribution in [1.29, 1.82) is 0 Å². The van der Waals surface area contributed by atoms with Gasteiger partial charge in [-0.15, -0.1) is 0 Å². The second-order valence-electron chi connectivity index (χ2n) is 5.64. The molecule has 1 aliphatic rings. The van der Waals surface area contributed by atoms with Crippen molar-refractivity contribution in [3.8, 4) is 0 Å². The molecule has 0 spiro atoms. The van der Waals surface area contributed by atoms with E-state index in [4.69, 9.17) is 5.21 Å². The molecule has 3 heteroatoms. The Labute approximate surface area is 120 Å². The number of allylic oxidation sites excluding steroid dienone is 4. The lowest BCUT2D eigenvalue weighted by atomic mass is 9.92. The Morgan fingerprint density at radius 2 is 1.90 bits per heavy atom. The Morgan fingerprint density at radius 1 is 1.20 bits per heavy atom. The van der Waals surface area contributed by atoms with Gasteiger partial charge in [-0.3, -0.25) is 0 Å². The number of benzene rings is 1. The highest BCUT2D eigenvalue weighted by atomic mass is 16.4. The highest BCUT2D eigenvalue weighted by Gasteiger charge is 2.17. The van der Waals surface area contributed by atoms with Gasteiger partial charge in [-0.25, -0.2) is 0 Å². The molecule has 0 unspecified atom stereocenters. The topological polar surface area (TPSA) is 35.8 Å². The van der Waals surface area contributed by atoms with Crippen molar-refractivity contribution in [2.45, 2.75) is 27.2 Å². The summed E-state index contributed by atoms with van der Waals surface area (Å²) < 4.78 is 0. The van der Waals surface area contributed by atoms with Crippen LogP contribution in [0.15, 0.2) is 34.5 Å². The van der Waals surface area contributed by atoms with Crippen LogP contribution in [0, 0.1) is 6.92 Å². The van der Waals surface area contributed by atoms with Gasteiger partial charge in [-0.05, 0) is 55.5 Å². The van der Waals surface area contributed by atoms with E-state index in [0.717, 1.165) is 28.8 Å². The van der Waals surface area contributed by atoms with Crippen LogP contribution < -0.4 is 4.90 Å². The second-order valence-corrected chi connectivity index (χ2v) is 5.64. The normalized spacial score (nSPS) is 15.2. The summed E-state index contributed by atoms with van der Waals surface area (Å²) in [6, 6.07) is 4.26. The number of nitrogens with zero attached hydrogens (tertiary/aromatic N) is 2. The van der Waals surface area contributed by atoms with Gasteiger partial charge in [0.25, 0.3) is 0 Å². The molecule has 0 heterocycles. The Hall–Kier alpha value is -2.03. The van der Waals surface area contributed by atoms with Crippen molar-refractivity contribution in [3.05, 3.63) is 46.0 Å². The van der Waals surface area contributed by atoms with Gasteiger partial charge in [0.1, 0.15) is 0 Å². The lowest BCUT2D eigenvalue weighted by Crippen LogP contribution is -2.12. The van der Waals surface area contributed by atoms with Crippen molar-refractivity contribution >= 4 is 17.5 Å². The number of hydrogen-bond acceptors (Lipinski definition) is 3. The highest BCUT2D eigenvalue weighted by molar-refractivity contribution is 5.94. The molecule has 0 amide bonds. The van der Waals surface area contributed by atoms with E-state index < -0.39 is 0 Å². The summed E-state index contributed by atoms with van der Waals surface area (Å²) >= 11 is 0. The summed E-state index contributed by atoms with van der Waals surface area (Å²) in [7, 11) is 4.04. The molecule has 0 saturated carbocycles. The van der Waals surface area contributed by atoms with Crippen molar-refractivity contribution in [1.82, 2.24) is 0 Å². The summed E-state index contributed by atoms with van der Waals surface area (Å²) in [5.41, 5.74) is 8.43. The smallest absolute Gasteiger partial charge is 0.0743 e. The number of anilines is 1. The third kappa shape index (κ3) is 2.48. The molecule has 1 aromatic carbocycles. The van der Waals surface area contributed by atoms with Crippen molar-refractivity contribution in [3.63, 3.8) is 0 Å². The average Bonchev–Trinajstić information content (AvgIpc) is 2.70. The van der Waals surface area contributed by atoms with E-state index in [1.54, 1.807) is 6.21 Å². The minimum Gasteiger partial charge on any atom is -0.411 e. The van der Waals surface area contributed by atoms with Gasteiger partial charge >= 0.3 is 0 Å². The maximum absolute atomic E-state index is 8.99. The highest BCUT2D eigenvalue weighted by Crippen LogP contribution is 2.36. The van der Waals surface area contributed by atoms with Gasteiger partial charge in [0.05, 0.1) is 6.21 Å². The average molecular weight is 270 g/mol. The van der Waals surface area contributed by atoms with Gasteiger partial charge in [-0.1, -0.05) is 22.9 Å². The monoisotopic (exact) mass is 270 g/mol. The van der Waals surface area contributed by atoms with Crippen molar-refractivity contribution in [2.75, 3.05) is 19.0 Å². The molecule has 0 aromatic heterocycles. The fourth-order valence-electron chi connectivity index (χ4n) is 2.92. The third-order valence-corrected chi connectivity index (χ3v) is 3.87. The molecule has 0 radical (unpaired) electrons. The SMILES string of the molecule is CC1=CC(C)=C(c2ccc(N(C)C)c(C)c2/C=N/O)C1. The zero-order chi connectivity index (χ0) is 14.9. The van der Waals surface area contributed by atoms with Gasteiger partial charge in [0.2, 0.25) is 0 Å². The van der Waals surface area contributed by atoms with E-state index in [1.165, 1.54) is 16.7 Å². The number of rotatable bonds is 3. The van der Waals surface area contributed by atoms with E-state index in [0.29, 0.717) is 0 Å². The molecule has 0 bridgehead atoms. The summed E-state index contributed by atoms with van der Waals surface area (Å²) in [5, 5.41) is 12.2. The first-order valence-corrected chi connectivity index (χ1v) is 6.81. The minimum absolute atomic E-state index is 0.971. The zero-order valence-corrected chi connectivity index (χ0v) is 12.9. The van der Waals surface area contributed by atoms with Crippen LogP contribution in [0.5, 0.6) is 0 Å². The molecule has 1 aliphatic carbocycles. The molecule has 20 heavy (non-hydrogen) atoms. The van der Waals surface area contributed by atoms with Gasteiger partial charge < -0.3 is 10.1 Å². The van der Waals surface area contributed by atoms with Crippen LogP contribution in [0.1, 0.15) is 37.0 Å². The first-order valence-electron chi connectivity index (χ1n) is 6.81. The first-order chi connectivity index (χ1) is 9.45. The molecule has 0 aliphatic heterocycles. The summed E-state index contributed by atoms with van der Waals surface area (Å²) in [6.07, 6.45) is 4.74. The maximum atomic E-state index is 8.99. The fraction of sp³-hybridized carbons (Fsp3) is 0.353. The minimum atomic E-state index is 0.971. The predicted octanol–water partition coefficient (Wildman–Crippen LogP) is 3.99. The Bertz CT molecular complexity index is 622. The van der Waals surface area contributed by atoms with E-state index in [-0.39, 0.29) is 0 Å². The molecule has 0 atom stereocenters. The lowest BCUT2D eigenvalue weighted by molar-refractivity contribution is 0.322. The van der Waals surface area contributed by atoms with E-state index in [1.807, 2.05) is 14.1 Å². The molecule has 2 rings (SSSR count). The fourth-order valence-corrected chi connectivity index (χ4v) is 2.92. The van der Waals surface area contributed by atoms with Crippen LogP contribution in [-0.2, 0) is 0 Å². The van der Waals surface area contributed by atoms with E-state index in [2.05, 4.69) is 49.0 Å². The maximum Gasteiger partial charge on any atom is 0.0743 e.